The standard InChI is InChI=1S/C18H23NO8/c1-4-25-15(21)18(11-14(20)24-3,16(22)26-5-2)19-17(23)27-12-13-9-7-6-8-10-13/h6-10H,4-5,11-12H2,1-3H3,(H,19,23). The smallest absolute Gasteiger partial charge is 0.408 e. The Morgan fingerprint density at radius 3 is 1.96 bits per heavy atom. The largest absolute Gasteiger partial charge is 0.469 e. The third-order valence-electron chi connectivity index (χ3n) is 3.41. The van der Waals surface area contributed by atoms with Gasteiger partial charge in [-0.1, -0.05) is 30.3 Å². The molecule has 1 rings (SSSR count). The minimum Gasteiger partial charge on any atom is -0.469 e. The number of esters is 3. The summed E-state index contributed by atoms with van der Waals surface area (Å²) in [5.41, 5.74) is -1.72. The van der Waals surface area contributed by atoms with E-state index in [1.807, 2.05) is 0 Å². The molecule has 0 aliphatic rings. The van der Waals surface area contributed by atoms with Crippen LogP contribution in [0.25, 0.3) is 0 Å². The van der Waals surface area contributed by atoms with Gasteiger partial charge in [-0.3, -0.25) is 10.1 Å². The molecule has 1 N–H and O–H groups in total. The lowest BCUT2D eigenvalue weighted by Crippen LogP contribution is -2.62. The van der Waals surface area contributed by atoms with Gasteiger partial charge in [0.25, 0.3) is 0 Å². The zero-order valence-corrected chi connectivity index (χ0v) is 15.5. The van der Waals surface area contributed by atoms with E-state index in [1.165, 1.54) is 13.8 Å². The molecular formula is C18H23NO8. The maximum Gasteiger partial charge on any atom is 0.408 e. The number of carbonyl (C=O) groups is 4. The normalized spacial score (nSPS) is 10.5. The first kappa shape index (κ1) is 21.9. The first-order chi connectivity index (χ1) is 12.9. The molecule has 9 heteroatoms. The SMILES string of the molecule is CCOC(=O)C(CC(=O)OC)(NC(=O)OCc1ccccc1)C(=O)OCC. The fraction of sp³-hybridized carbons (Fsp3) is 0.444. The van der Waals surface area contributed by atoms with Crippen molar-refractivity contribution in [2.24, 2.45) is 0 Å². The molecular weight excluding hydrogens is 358 g/mol. The van der Waals surface area contributed by atoms with Crippen molar-refractivity contribution in [3.8, 4) is 0 Å². The average molecular weight is 381 g/mol. The molecule has 1 aromatic rings. The molecule has 0 heterocycles. The Balaban J connectivity index is 3.05. The highest BCUT2D eigenvalue weighted by Gasteiger charge is 2.53. The molecule has 0 saturated heterocycles. The van der Waals surface area contributed by atoms with Gasteiger partial charge < -0.3 is 18.9 Å². The van der Waals surface area contributed by atoms with Gasteiger partial charge in [-0.2, -0.15) is 0 Å². The quantitative estimate of drug-likeness (QED) is 0.387. The van der Waals surface area contributed by atoms with Crippen molar-refractivity contribution in [1.29, 1.82) is 0 Å². The van der Waals surface area contributed by atoms with Gasteiger partial charge in [-0.25, -0.2) is 14.4 Å². The number of benzene rings is 1. The van der Waals surface area contributed by atoms with Crippen LogP contribution >= 0.6 is 0 Å². The minimum absolute atomic E-state index is 0.0814. The van der Waals surface area contributed by atoms with Crippen molar-refractivity contribution in [3.63, 3.8) is 0 Å². The van der Waals surface area contributed by atoms with Crippen molar-refractivity contribution < 1.29 is 38.1 Å². The summed E-state index contributed by atoms with van der Waals surface area (Å²) in [7, 11) is 1.08. The summed E-state index contributed by atoms with van der Waals surface area (Å²) in [6, 6.07) is 8.77. The van der Waals surface area contributed by atoms with Crippen LogP contribution in [0.1, 0.15) is 25.8 Å². The van der Waals surface area contributed by atoms with Crippen LogP contribution in [-0.2, 0) is 39.9 Å². The minimum atomic E-state index is -2.41. The van der Waals surface area contributed by atoms with Gasteiger partial charge in [0, 0.05) is 0 Å². The van der Waals surface area contributed by atoms with Crippen LogP contribution in [0.3, 0.4) is 0 Å². The van der Waals surface area contributed by atoms with E-state index < -0.39 is 36.0 Å². The van der Waals surface area contributed by atoms with E-state index in [1.54, 1.807) is 30.3 Å². The highest BCUT2D eigenvalue weighted by molar-refractivity contribution is 6.09. The highest BCUT2D eigenvalue weighted by atomic mass is 16.6. The topological polar surface area (TPSA) is 117 Å². The van der Waals surface area contributed by atoms with Gasteiger partial charge in [0.15, 0.2) is 0 Å². The second-order valence-electron chi connectivity index (χ2n) is 5.29. The fourth-order valence-electron chi connectivity index (χ4n) is 2.10. The Morgan fingerprint density at radius 1 is 0.926 bits per heavy atom. The van der Waals surface area contributed by atoms with Gasteiger partial charge >= 0.3 is 24.0 Å². The van der Waals surface area contributed by atoms with Crippen LogP contribution in [0.15, 0.2) is 30.3 Å². The summed E-state index contributed by atoms with van der Waals surface area (Å²) in [6.07, 6.45) is -1.90. The van der Waals surface area contributed by atoms with Gasteiger partial charge in [0.2, 0.25) is 5.54 Å². The number of alkyl carbamates (subject to hydrolysis) is 1. The van der Waals surface area contributed by atoms with Gasteiger partial charge in [-0.05, 0) is 19.4 Å². The molecule has 0 spiro atoms. The molecule has 1 amide bonds. The summed E-state index contributed by atoms with van der Waals surface area (Å²) < 4.78 is 19.3. The van der Waals surface area contributed by atoms with Crippen LogP contribution in [-0.4, -0.2) is 49.9 Å². The summed E-state index contributed by atoms with van der Waals surface area (Å²) in [5, 5.41) is 2.12. The lowest BCUT2D eigenvalue weighted by atomic mass is 9.95. The van der Waals surface area contributed by atoms with E-state index in [4.69, 9.17) is 14.2 Å². The van der Waals surface area contributed by atoms with Crippen molar-refractivity contribution in [2.45, 2.75) is 32.4 Å². The first-order valence-corrected chi connectivity index (χ1v) is 8.29. The van der Waals surface area contributed by atoms with Crippen LogP contribution in [0, 0.1) is 0 Å². The Bertz CT molecular complexity index is 641. The van der Waals surface area contributed by atoms with E-state index in [0.29, 0.717) is 5.56 Å². The van der Waals surface area contributed by atoms with Crippen molar-refractivity contribution >= 4 is 24.0 Å². The Labute approximate surface area is 156 Å². The van der Waals surface area contributed by atoms with Crippen LogP contribution in [0.4, 0.5) is 4.79 Å². The molecule has 1 aromatic carbocycles. The van der Waals surface area contributed by atoms with Gasteiger partial charge in [0.05, 0.1) is 26.7 Å². The fourth-order valence-corrected chi connectivity index (χ4v) is 2.10. The molecule has 0 aliphatic heterocycles. The zero-order chi connectivity index (χ0) is 20.3. The van der Waals surface area contributed by atoms with E-state index >= 15 is 0 Å². The number of nitrogens with one attached hydrogen (secondary N) is 1. The van der Waals surface area contributed by atoms with E-state index in [0.717, 1.165) is 7.11 Å². The molecule has 0 unspecified atom stereocenters. The molecule has 0 aliphatic carbocycles. The number of ether oxygens (including phenoxy) is 4. The number of hydrogen-bond donors (Lipinski definition) is 1. The monoisotopic (exact) mass is 381 g/mol. The Hall–Kier alpha value is -3.10. The van der Waals surface area contributed by atoms with E-state index in [2.05, 4.69) is 10.1 Å². The van der Waals surface area contributed by atoms with E-state index in [9.17, 15) is 19.2 Å². The van der Waals surface area contributed by atoms with Crippen LogP contribution in [0.5, 0.6) is 0 Å². The molecule has 148 valence electrons. The van der Waals surface area contributed by atoms with Gasteiger partial charge in [-0.15, -0.1) is 0 Å². The molecule has 0 atom stereocenters. The predicted octanol–water partition coefficient (Wildman–Crippen LogP) is 1.34. The summed E-state index contributed by atoms with van der Waals surface area (Å²) in [4.78, 5) is 48.9. The third-order valence-corrected chi connectivity index (χ3v) is 3.41. The second kappa shape index (κ2) is 10.8. The third kappa shape index (κ3) is 6.28. The lowest BCUT2D eigenvalue weighted by molar-refractivity contribution is -0.170. The Morgan fingerprint density at radius 2 is 1.48 bits per heavy atom. The maximum absolute atomic E-state index is 12.4. The van der Waals surface area contributed by atoms with E-state index in [-0.39, 0.29) is 19.8 Å². The maximum atomic E-state index is 12.4. The molecule has 0 saturated carbocycles. The highest BCUT2D eigenvalue weighted by Crippen LogP contribution is 2.18. The molecule has 0 aromatic heterocycles. The average Bonchev–Trinajstić information content (AvgIpc) is 2.66. The molecule has 0 radical (unpaired) electrons. The molecule has 0 bridgehead atoms. The van der Waals surface area contributed by atoms with Crippen molar-refractivity contribution in [1.82, 2.24) is 5.32 Å². The van der Waals surface area contributed by atoms with Crippen LogP contribution in [0.2, 0.25) is 0 Å². The summed E-state index contributed by atoms with van der Waals surface area (Å²) in [5.74, 6) is -3.21. The number of carbonyl (C=O) groups excluding carboxylic acids is 4. The summed E-state index contributed by atoms with van der Waals surface area (Å²) in [6.45, 7) is 2.76. The Kier molecular flexibility index (Phi) is 8.77. The second-order valence-corrected chi connectivity index (χ2v) is 5.29. The van der Waals surface area contributed by atoms with Gasteiger partial charge in [0.1, 0.15) is 6.61 Å². The predicted molar refractivity (Wildman–Crippen MR) is 92.4 cm³/mol. The molecule has 27 heavy (non-hydrogen) atoms. The molecule has 0 fully saturated rings. The van der Waals surface area contributed by atoms with Crippen molar-refractivity contribution in [2.75, 3.05) is 20.3 Å². The lowest BCUT2D eigenvalue weighted by Gasteiger charge is -2.28. The number of amides is 1. The van der Waals surface area contributed by atoms with Crippen LogP contribution < -0.4 is 5.32 Å². The zero-order valence-electron chi connectivity index (χ0n) is 15.5. The number of rotatable bonds is 9. The molecule has 9 nitrogen and oxygen atoms in total. The first-order valence-electron chi connectivity index (χ1n) is 8.29. The number of hydrogen-bond acceptors (Lipinski definition) is 8. The van der Waals surface area contributed by atoms with Crippen molar-refractivity contribution in [3.05, 3.63) is 35.9 Å². The summed E-state index contributed by atoms with van der Waals surface area (Å²) >= 11 is 0. The number of methoxy groups -OCH3 is 1.